The highest BCUT2D eigenvalue weighted by Crippen LogP contribution is 2.29. The first-order valence-electron chi connectivity index (χ1n) is 8.94. The van der Waals surface area contributed by atoms with Crippen molar-refractivity contribution < 1.29 is 4.79 Å². The third kappa shape index (κ3) is 2.88. The lowest BCUT2D eigenvalue weighted by Crippen LogP contribution is -2.30. The van der Waals surface area contributed by atoms with Gasteiger partial charge in [0.1, 0.15) is 5.69 Å². The molecule has 0 unspecified atom stereocenters. The number of carbonyl (C=O) groups is 1. The second-order valence-electron chi connectivity index (χ2n) is 6.64. The Morgan fingerprint density at radius 1 is 0.917 bits per heavy atom. The van der Waals surface area contributed by atoms with Crippen LogP contribution in [0.2, 0.25) is 0 Å². The first-order valence-corrected chi connectivity index (χ1v) is 8.94. The molecule has 0 bridgehead atoms. The molecule has 1 saturated heterocycles. The highest BCUT2D eigenvalue weighted by atomic mass is 16.2. The van der Waals surface area contributed by atoms with E-state index in [0.29, 0.717) is 5.69 Å². The molecule has 3 heterocycles. The van der Waals surface area contributed by atoms with E-state index in [1.807, 2.05) is 41.4 Å². The van der Waals surface area contributed by atoms with Crippen molar-refractivity contribution in [3.63, 3.8) is 0 Å². The van der Waals surface area contributed by atoms with Gasteiger partial charge in [-0.3, -0.25) is 4.79 Å². The number of hydrogen-bond donors (Lipinski definition) is 0. The maximum atomic E-state index is 12.8. The first-order chi connectivity index (χ1) is 11.8. The molecule has 1 aromatic heterocycles. The second-order valence-corrected chi connectivity index (χ2v) is 6.64. The Morgan fingerprint density at radius 3 is 2.46 bits per heavy atom. The van der Waals surface area contributed by atoms with Crippen molar-refractivity contribution in [3.8, 4) is 0 Å². The summed E-state index contributed by atoms with van der Waals surface area (Å²) in [6.07, 6.45) is 7.90. The quantitative estimate of drug-likeness (QED) is 0.847. The van der Waals surface area contributed by atoms with Gasteiger partial charge in [-0.2, -0.15) is 0 Å². The zero-order valence-corrected chi connectivity index (χ0v) is 13.9. The second kappa shape index (κ2) is 6.63. The average molecular weight is 321 g/mol. The SMILES string of the molecule is O=C(c1ccc(N2CCCCCC2)cn1)N1CCc2ccccc21. The lowest BCUT2D eigenvalue weighted by Gasteiger charge is -2.22. The Labute approximate surface area is 143 Å². The molecule has 0 aliphatic carbocycles. The number of para-hydroxylation sites is 1. The summed E-state index contributed by atoms with van der Waals surface area (Å²) in [7, 11) is 0. The monoisotopic (exact) mass is 321 g/mol. The Morgan fingerprint density at radius 2 is 1.71 bits per heavy atom. The highest BCUT2D eigenvalue weighted by molar-refractivity contribution is 6.06. The molecule has 2 aromatic rings. The number of rotatable bonds is 2. The molecule has 124 valence electrons. The van der Waals surface area contributed by atoms with Gasteiger partial charge >= 0.3 is 0 Å². The molecule has 2 aliphatic rings. The van der Waals surface area contributed by atoms with Gasteiger partial charge in [0.25, 0.3) is 5.91 Å². The van der Waals surface area contributed by atoms with Crippen LogP contribution in [0.1, 0.15) is 41.7 Å². The molecule has 1 fully saturated rings. The van der Waals surface area contributed by atoms with Gasteiger partial charge in [-0.1, -0.05) is 31.0 Å². The van der Waals surface area contributed by atoms with Crippen LogP contribution in [0.3, 0.4) is 0 Å². The maximum absolute atomic E-state index is 12.8. The fraction of sp³-hybridized carbons (Fsp3) is 0.400. The maximum Gasteiger partial charge on any atom is 0.276 e. The Bertz CT molecular complexity index is 718. The minimum atomic E-state index is 0.00219. The van der Waals surface area contributed by atoms with Crippen LogP contribution in [0.25, 0.3) is 0 Å². The van der Waals surface area contributed by atoms with Crippen molar-refractivity contribution in [2.24, 2.45) is 0 Å². The van der Waals surface area contributed by atoms with Crippen LogP contribution in [0.4, 0.5) is 11.4 Å². The van der Waals surface area contributed by atoms with E-state index in [9.17, 15) is 4.79 Å². The summed E-state index contributed by atoms with van der Waals surface area (Å²) in [5, 5.41) is 0. The van der Waals surface area contributed by atoms with Crippen LogP contribution in [-0.4, -0.2) is 30.5 Å². The van der Waals surface area contributed by atoms with Crippen molar-refractivity contribution in [3.05, 3.63) is 53.9 Å². The normalized spacial score (nSPS) is 17.5. The zero-order chi connectivity index (χ0) is 16.4. The van der Waals surface area contributed by atoms with Crippen LogP contribution in [-0.2, 0) is 6.42 Å². The van der Waals surface area contributed by atoms with Crippen LogP contribution in [0.15, 0.2) is 42.6 Å². The lowest BCUT2D eigenvalue weighted by molar-refractivity contribution is 0.0984. The van der Waals surface area contributed by atoms with Crippen molar-refractivity contribution in [1.29, 1.82) is 0 Å². The van der Waals surface area contributed by atoms with Gasteiger partial charge in [0.05, 0.1) is 11.9 Å². The van der Waals surface area contributed by atoms with Crippen LogP contribution in [0, 0.1) is 0 Å². The lowest BCUT2D eigenvalue weighted by atomic mass is 10.2. The molecular weight excluding hydrogens is 298 g/mol. The summed E-state index contributed by atoms with van der Waals surface area (Å²) in [5.74, 6) is 0.00219. The van der Waals surface area contributed by atoms with Gasteiger partial charge in [0, 0.05) is 25.3 Å². The number of carbonyl (C=O) groups excluding carboxylic acids is 1. The summed E-state index contributed by atoms with van der Waals surface area (Å²) in [5.41, 5.74) is 3.94. The minimum absolute atomic E-state index is 0.00219. The molecule has 0 spiro atoms. The molecule has 1 amide bonds. The molecule has 4 heteroatoms. The average Bonchev–Trinajstić information content (AvgIpc) is 2.87. The molecule has 1 aromatic carbocycles. The number of aromatic nitrogens is 1. The minimum Gasteiger partial charge on any atom is -0.370 e. The summed E-state index contributed by atoms with van der Waals surface area (Å²) in [4.78, 5) is 21.5. The zero-order valence-electron chi connectivity index (χ0n) is 13.9. The van der Waals surface area contributed by atoms with Crippen molar-refractivity contribution >= 4 is 17.3 Å². The smallest absolute Gasteiger partial charge is 0.276 e. The number of nitrogens with zero attached hydrogens (tertiary/aromatic N) is 3. The number of amides is 1. The molecule has 0 atom stereocenters. The van der Waals surface area contributed by atoms with Crippen LogP contribution >= 0.6 is 0 Å². The summed E-state index contributed by atoms with van der Waals surface area (Å²) in [6.45, 7) is 2.93. The Kier molecular flexibility index (Phi) is 4.20. The fourth-order valence-corrected chi connectivity index (χ4v) is 3.72. The first kappa shape index (κ1) is 15.2. The van der Waals surface area contributed by atoms with E-state index in [1.165, 1.54) is 31.2 Å². The topological polar surface area (TPSA) is 36.4 Å². The van der Waals surface area contributed by atoms with E-state index in [1.54, 1.807) is 0 Å². The van der Waals surface area contributed by atoms with Gasteiger partial charge in [0.15, 0.2) is 0 Å². The van der Waals surface area contributed by atoms with Gasteiger partial charge in [-0.15, -0.1) is 0 Å². The summed E-state index contributed by atoms with van der Waals surface area (Å²) >= 11 is 0. The third-order valence-electron chi connectivity index (χ3n) is 5.07. The Hall–Kier alpha value is -2.36. The van der Waals surface area contributed by atoms with E-state index < -0.39 is 0 Å². The number of fused-ring (bicyclic) bond motifs is 1. The summed E-state index contributed by atoms with van der Waals surface area (Å²) < 4.78 is 0. The van der Waals surface area contributed by atoms with Crippen LogP contribution < -0.4 is 9.80 Å². The standard InChI is InChI=1S/C20H23N3O/c24-20(23-14-11-16-7-3-4-8-19(16)23)18-10-9-17(15-21-18)22-12-5-1-2-6-13-22/h3-4,7-10,15H,1-2,5-6,11-14H2. The molecule has 4 nitrogen and oxygen atoms in total. The molecule has 4 rings (SSSR count). The molecule has 2 aliphatic heterocycles. The molecule has 0 N–H and O–H groups in total. The predicted molar refractivity (Wildman–Crippen MR) is 96.7 cm³/mol. The van der Waals surface area contributed by atoms with Gasteiger partial charge in [-0.25, -0.2) is 4.98 Å². The van der Waals surface area contributed by atoms with Crippen molar-refractivity contribution in [1.82, 2.24) is 4.98 Å². The van der Waals surface area contributed by atoms with E-state index in [-0.39, 0.29) is 5.91 Å². The van der Waals surface area contributed by atoms with Crippen molar-refractivity contribution in [2.75, 3.05) is 29.4 Å². The van der Waals surface area contributed by atoms with Gasteiger partial charge < -0.3 is 9.80 Å². The van der Waals surface area contributed by atoms with Crippen LogP contribution in [0.5, 0.6) is 0 Å². The molecule has 24 heavy (non-hydrogen) atoms. The largest absolute Gasteiger partial charge is 0.370 e. The van der Waals surface area contributed by atoms with E-state index in [0.717, 1.165) is 37.4 Å². The fourth-order valence-electron chi connectivity index (χ4n) is 3.72. The Balaban J connectivity index is 1.52. The third-order valence-corrected chi connectivity index (χ3v) is 5.07. The number of hydrogen-bond acceptors (Lipinski definition) is 3. The van der Waals surface area contributed by atoms with Gasteiger partial charge in [-0.05, 0) is 43.0 Å². The molecule has 0 saturated carbocycles. The number of benzene rings is 1. The summed E-state index contributed by atoms with van der Waals surface area (Å²) in [6, 6.07) is 12.1. The number of anilines is 2. The van der Waals surface area contributed by atoms with E-state index >= 15 is 0 Å². The molecule has 0 radical (unpaired) electrons. The van der Waals surface area contributed by atoms with E-state index in [4.69, 9.17) is 0 Å². The molecular formula is C20H23N3O. The highest BCUT2D eigenvalue weighted by Gasteiger charge is 2.26. The predicted octanol–water partition coefficient (Wildman–Crippen LogP) is 3.66. The van der Waals surface area contributed by atoms with Gasteiger partial charge in [0.2, 0.25) is 0 Å². The number of pyridine rings is 1. The van der Waals surface area contributed by atoms with Crippen molar-refractivity contribution in [2.45, 2.75) is 32.1 Å². The van der Waals surface area contributed by atoms with E-state index in [2.05, 4.69) is 16.0 Å².